The maximum Gasteiger partial charge on any atom is 0.330 e. The van der Waals surface area contributed by atoms with Gasteiger partial charge in [0.2, 0.25) is 5.91 Å². The number of para-hydroxylation sites is 1. The number of nitrogen functional groups attached to an aromatic ring is 1. The van der Waals surface area contributed by atoms with E-state index in [1.807, 2.05) is 32.0 Å². The van der Waals surface area contributed by atoms with E-state index >= 15 is 0 Å². The van der Waals surface area contributed by atoms with Gasteiger partial charge in [0.15, 0.2) is 5.69 Å². The fraction of sp³-hybridized carbons (Fsp3) is 0.500. The third-order valence-corrected chi connectivity index (χ3v) is 6.72. The molecule has 1 aromatic carbocycles. The molecule has 3 N–H and O–H groups in total. The minimum absolute atomic E-state index is 0.0659. The molecule has 0 aliphatic carbocycles. The second-order valence-electron chi connectivity index (χ2n) is 8.18. The summed E-state index contributed by atoms with van der Waals surface area (Å²) < 4.78 is 2.53. The molecule has 0 saturated carbocycles. The van der Waals surface area contributed by atoms with Gasteiger partial charge >= 0.3 is 5.69 Å². The molecule has 0 aliphatic rings. The molecular formula is C24H33N5O3S. The van der Waals surface area contributed by atoms with Gasteiger partial charge in [-0.3, -0.25) is 19.1 Å². The van der Waals surface area contributed by atoms with Crippen LogP contribution in [0.25, 0.3) is 10.2 Å². The summed E-state index contributed by atoms with van der Waals surface area (Å²) in [7, 11) is 0. The van der Waals surface area contributed by atoms with Crippen molar-refractivity contribution in [2.45, 2.75) is 71.8 Å². The second-order valence-corrected chi connectivity index (χ2v) is 9.29. The first-order valence-corrected chi connectivity index (χ1v) is 12.5. The molecule has 0 unspecified atom stereocenters. The van der Waals surface area contributed by atoms with Crippen molar-refractivity contribution in [3.63, 3.8) is 0 Å². The molecule has 3 aromatic rings. The molecule has 8 nitrogen and oxygen atoms in total. The molecule has 3 rings (SSSR count). The van der Waals surface area contributed by atoms with Crippen molar-refractivity contribution in [2.75, 3.05) is 17.2 Å². The molecule has 9 heteroatoms. The van der Waals surface area contributed by atoms with Crippen LogP contribution in [0.4, 0.5) is 11.5 Å². The number of aromatic nitrogens is 3. The highest BCUT2D eigenvalue weighted by molar-refractivity contribution is 7.18. The average molecular weight is 472 g/mol. The van der Waals surface area contributed by atoms with E-state index in [9.17, 15) is 14.4 Å². The Bertz CT molecular complexity index is 1160. The molecule has 0 aliphatic heterocycles. The first kappa shape index (κ1) is 24.7. The lowest BCUT2D eigenvalue weighted by molar-refractivity contribution is -0.118. The Labute approximate surface area is 197 Å². The lowest BCUT2D eigenvalue weighted by Gasteiger charge is -2.24. The van der Waals surface area contributed by atoms with Crippen molar-refractivity contribution < 1.29 is 4.79 Å². The Balaban J connectivity index is 1.70. The van der Waals surface area contributed by atoms with Crippen LogP contribution in [-0.2, 0) is 17.8 Å². The number of nitrogens with one attached hydrogen (secondary N) is 1. The van der Waals surface area contributed by atoms with E-state index in [4.69, 9.17) is 5.73 Å². The molecule has 0 fully saturated rings. The number of nitrogens with zero attached hydrogens (tertiary/aromatic N) is 3. The number of aromatic amines is 1. The highest BCUT2D eigenvalue weighted by Gasteiger charge is 2.23. The Kier molecular flexibility index (Phi) is 8.82. The summed E-state index contributed by atoms with van der Waals surface area (Å²) in [6.45, 7) is 4.84. The number of fused-ring (bicyclic) bond motifs is 1. The monoisotopic (exact) mass is 471 g/mol. The predicted octanol–water partition coefficient (Wildman–Crippen LogP) is 4.07. The van der Waals surface area contributed by atoms with Gasteiger partial charge in [0.1, 0.15) is 5.82 Å². The number of nitrogens with two attached hydrogens (primary N) is 1. The maximum atomic E-state index is 13.1. The summed E-state index contributed by atoms with van der Waals surface area (Å²) in [6.07, 6.45) is 5.88. The van der Waals surface area contributed by atoms with Gasteiger partial charge in [-0.2, -0.15) is 0 Å². The van der Waals surface area contributed by atoms with Crippen molar-refractivity contribution in [1.29, 1.82) is 0 Å². The fourth-order valence-corrected chi connectivity index (χ4v) is 4.78. The highest BCUT2D eigenvalue weighted by atomic mass is 32.1. The molecule has 0 saturated heterocycles. The number of carbonyl (C=O) groups is 1. The van der Waals surface area contributed by atoms with Crippen LogP contribution in [0.5, 0.6) is 0 Å². The molecule has 178 valence electrons. The molecule has 0 bridgehead atoms. The Morgan fingerprint density at radius 1 is 1.12 bits per heavy atom. The normalized spacial score (nSPS) is 11.2. The summed E-state index contributed by atoms with van der Waals surface area (Å²) in [6, 6.07) is 8.06. The number of thiazole rings is 1. The molecule has 0 atom stereocenters. The summed E-state index contributed by atoms with van der Waals surface area (Å²) in [5, 5.41) is 1.06. The summed E-state index contributed by atoms with van der Waals surface area (Å²) in [5.41, 5.74) is 6.20. The van der Waals surface area contributed by atoms with E-state index < -0.39 is 11.2 Å². The number of hydrogen-bond acceptors (Lipinski definition) is 6. The van der Waals surface area contributed by atoms with Crippen molar-refractivity contribution in [2.24, 2.45) is 0 Å². The second kappa shape index (κ2) is 11.8. The number of rotatable bonds is 12. The zero-order valence-corrected chi connectivity index (χ0v) is 20.2. The maximum absolute atomic E-state index is 13.1. The SMILES string of the molecule is CCCCN(C(=O)CCCCc1nc2ccccc2s1)c1c(N)n(CCCC)c(=O)[nH]c1=O. The van der Waals surface area contributed by atoms with Crippen molar-refractivity contribution >= 4 is 39.0 Å². The standard InChI is InChI=1S/C24H33N5O3S/c1-3-5-15-28(21-22(25)29(16-6-4-2)24(32)27-23(21)31)20(30)14-10-9-13-19-26-17-11-7-8-12-18(17)33-19/h7-8,11-12H,3-6,9-10,13-16,25H2,1-2H3,(H,27,31,32). The molecule has 1 amide bonds. The first-order chi connectivity index (χ1) is 16.0. The zero-order valence-electron chi connectivity index (χ0n) is 19.4. The smallest absolute Gasteiger partial charge is 0.330 e. The third-order valence-electron chi connectivity index (χ3n) is 5.63. The molecule has 0 radical (unpaired) electrons. The van der Waals surface area contributed by atoms with Gasteiger partial charge in [-0.05, 0) is 44.2 Å². The van der Waals surface area contributed by atoms with Gasteiger partial charge in [0, 0.05) is 19.5 Å². The largest absolute Gasteiger partial charge is 0.383 e. The number of hydrogen-bond donors (Lipinski definition) is 2. The van der Waals surface area contributed by atoms with Gasteiger partial charge in [-0.25, -0.2) is 9.78 Å². The fourth-order valence-electron chi connectivity index (χ4n) is 3.77. The number of anilines is 2. The third kappa shape index (κ3) is 6.10. The highest BCUT2D eigenvalue weighted by Crippen LogP contribution is 2.24. The summed E-state index contributed by atoms with van der Waals surface area (Å²) >= 11 is 1.68. The van der Waals surface area contributed by atoms with E-state index in [1.54, 1.807) is 11.3 Å². The predicted molar refractivity (Wildman–Crippen MR) is 135 cm³/mol. The minimum atomic E-state index is -0.607. The molecule has 0 spiro atoms. The number of benzene rings is 1. The molecule has 2 heterocycles. The van der Waals surface area contributed by atoms with Crippen molar-refractivity contribution in [3.05, 3.63) is 50.1 Å². The molecule has 33 heavy (non-hydrogen) atoms. The van der Waals surface area contributed by atoms with Gasteiger partial charge in [-0.15, -0.1) is 11.3 Å². The first-order valence-electron chi connectivity index (χ1n) is 11.7. The van der Waals surface area contributed by atoms with Gasteiger partial charge in [-0.1, -0.05) is 38.8 Å². The Hall–Kier alpha value is -2.94. The van der Waals surface area contributed by atoms with Crippen molar-refractivity contribution in [1.82, 2.24) is 14.5 Å². The number of carbonyl (C=O) groups excluding carboxylic acids is 1. The van der Waals surface area contributed by atoms with Crippen LogP contribution >= 0.6 is 11.3 Å². The van der Waals surface area contributed by atoms with Crippen molar-refractivity contribution in [3.8, 4) is 0 Å². The minimum Gasteiger partial charge on any atom is -0.383 e. The van der Waals surface area contributed by atoms with Crippen LogP contribution in [-0.4, -0.2) is 27.0 Å². The van der Waals surface area contributed by atoms with Gasteiger partial charge in [0.05, 0.1) is 15.2 Å². The summed E-state index contributed by atoms with van der Waals surface area (Å²) in [4.78, 5) is 46.5. The van der Waals surface area contributed by atoms with E-state index in [0.717, 1.165) is 49.0 Å². The zero-order chi connectivity index (χ0) is 23.8. The van der Waals surface area contributed by atoms with E-state index in [-0.39, 0.29) is 17.4 Å². The topological polar surface area (TPSA) is 114 Å². The van der Waals surface area contributed by atoms with E-state index in [1.165, 1.54) is 14.2 Å². The van der Waals surface area contributed by atoms with Crippen LogP contribution < -0.4 is 21.9 Å². The quantitative estimate of drug-likeness (QED) is 0.386. The lowest BCUT2D eigenvalue weighted by Crippen LogP contribution is -2.41. The van der Waals surface area contributed by atoms with Gasteiger partial charge < -0.3 is 10.6 Å². The average Bonchev–Trinajstić information content (AvgIpc) is 3.21. The van der Waals surface area contributed by atoms with Gasteiger partial charge in [0.25, 0.3) is 5.56 Å². The number of unbranched alkanes of at least 4 members (excludes halogenated alkanes) is 3. The molecule has 2 aromatic heterocycles. The van der Waals surface area contributed by atoms with Crippen LogP contribution in [0.3, 0.4) is 0 Å². The van der Waals surface area contributed by atoms with Crippen LogP contribution in [0.15, 0.2) is 33.9 Å². The summed E-state index contributed by atoms with van der Waals surface area (Å²) in [5.74, 6) is -0.0817. The van der Waals surface area contributed by atoms with E-state index in [0.29, 0.717) is 25.9 Å². The van der Waals surface area contributed by atoms with E-state index in [2.05, 4.69) is 16.0 Å². The van der Waals surface area contributed by atoms with Crippen LogP contribution in [0.1, 0.15) is 63.8 Å². The Morgan fingerprint density at radius 3 is 2.61 bits per heavy atom. The number of amides is 1. The number of H-pyrrole nitrogens is 1. The molecular weight excluding hydrogens is 438 g/mol. The van der Waals surface area contributed by atoms with Crippen LogP contribution in [0.2, 0.25) is 0 Å². The van der Waals surface area contributed by atoms with Crippen LogP contribution in [0, 0.1) is 0 Å². The lowest BCUT2D eigenvalue weighted by atomic mass is 10.1. The Morgan fingerprint density at radius 2 is 1.88 bits per heavy atom. The number of aryl methyl sites for hydroxylation is 1.